The molecule has 1 aliphatic rings. The van der Waals surface area contributed by atoms with Crippen molar-refractivity contribution in [1.29, 1.82) is 0 Å². The normalized spacial score (nSPS) is 13.2. The lowest BCUT2D eigenvalue weighted by atomic mass is 10.0. The van der Waals surface area contributed by atoms with E-state index in [1.807, 2.05) is 174 Å². The van der Waals surface area contributed by atoms with Gasteiger partial charge >= 0.3 is 29.0 Å². The SMILES string of the molecule is CN(C)Cc1ccc(-c2ccc3oc4c(-c5ccccc5)nc(=O)n(CC(=O)O)c4c3c2)cc1.CN(C)Cc1ccc(-c2ccc3oc4c(-c5ccccc5)nc(=O)n(CC(=O)OC(C)(C)C)c4c3c2)cc1.COC1CCCN(C(=O)Cn2c(=O)nc(-c3ccccc3)c3oc4ccc(-c5ccc(CN(C)C)cc5)cc4c32)C1. The molecule has 1 fully saturated rings. The van der Waals surface area contributed by atoms with Gasteiger partial charge in [0.2, 0.25) is 5.91 Å². The number of hydrogen-bond donors (Lipinski definition) is 1. The monoisotopic (exact) mass is 1510 g/mol. The Kier molecular flexibility index (Phi) is 22.5. The fraction of sp³-hybridized carbons (Fsp3) is 0.242. The Morgan fingerprint density at radius 1 is 0.442 bits per heavy atom. The van der Waals surface area contributed by atoms with Crippen molar-refractivity contribution >= 4 is 84.1 Å². The van der Waals surface area contributed by atoms with E-state index in [-0.39, 0.29) is 25.1 Å². The summed E-state index contributed by atoms with van der Waals surface area (Å²) in [4.78, 5) is 98.8. The van der Waals surface area contributed by atoms with Gasteiger partial charge in [-0.3, -0.25) is 28.1 Å². The lowest BCUT2D eigenvalue weighted by Crippen LogP contribution is -2.45. The number of benzene rings is 9. The number of nitrogens with zero attached hydrogens (tertiary/aromatic N) is 10. The van der Waals surface area contributed by atoms with E-state index < -0.39 is 41.2 Å². The molecule has 113 heavy (non-hydrogen) atoms. The van der Waals surface area contributed by atoms with E-state index >= 15 is 0 Å². The molecule has 0 radical (unpaired) electrons. The number of piperidine rings is 1. The van der Waals surface area contributed by atoms with Gasteiger partial charge in [0.15, 0.2) is 16.7 Å². The van der Waals surface area contributed by atoms with Gasteiger partial charge in [0.05, 0.1) is 6.10 Å². The van der Waals surface area contributed by atoms with E-state index in [1.165, 1.54) is 30.4 Å². The third-order valence-electron chi connectivity index (χ3n) is 19.6. The Bertz CT molecular complexity index is 6200. The molecule has 1 unspecified atom stereocenters. The summed E-state index contributed by atoms with van der Waals surface area (Å²) in [6, 6.07) is 71.1. The van der Waals surface area contributed by atoms with Gasteiger partial charge in [-0.05, 0) is 162 Å². The Hall–Kier alpha value is -12.7. The van der Waals surface area contributed by atoms with Gasteiger partial charge in [-0.1, -0.05) is 182 Å². The van der Waals surface area contributed by atoms with Crippen LogP contribution in [0.25, 0.3) is 133 Å². The van der Waals surface area contributed by atoms with Gasteiger partial charge in [-0.2, -0.15) is 15.0 Å². The van der Waals surface area contributed by atoms with Gasteiger partial charge in [0.1, 0.15) is 75.6 Å². The number of carboxylic acids is 1. The molecule has 1 aliphatic heterocycles. The van der Waals surface area contributed by atoms with Crippen molar-refractivity contribution < 1.29 is 42.2 Å². The van der Waals surface area contributed by atoms with Crippen molar-refractivity contribution in [3.8, 4) is 67.2 Å². The zero-order chi connectivity index (χ0) is 79.4. The van der Waals surface area contributed by atoms with Crippen LogP contribution in [0.3, 0.4) is 0 Å². The number of furan rings is 3. The summed E-state index contributed by atoms with van der Waals surface area (Å²) < 4.78 is 33.8. The zero-order valence-corrected chi connectivity index (χ0v) is 64.8. The van der Waals surface area contributed by atoms with Crippen LogP contribution in [0.1, 0.15) is 50.3 Å². The summed E-state index contributed by atoms with van der Waals surface area (Å²) in [6.45, 7) is 8.23. The molecule has 0 saturated carbocycles. The van der Waals surface area contributed by atoms with Crippen molar-refractivity contribution in [1.82, 2.24) is 48.3 Å². The van der Waals surface area contributed by atoms with E-state index in [0.717, 1.165) is 93.3 Å². The molecule has 0 spiro atoms. The number of amides is 1. The minimum absolute atomic E-state index is 0.00412. The van der Waals surface area contributed by atoms with Crippen molar-refractivity contribution in [2.75, 3.05) is 62.5 Å². The predicted octanol–water partition coefficient (Wildman–Crippen LogP) is 15.7. The standard InChI is InChI=1S/C33H34N4O4.C31H31N3O4.C27H23N3O4/c1-35(2)19-22-11-13-23(14-12-22)25-15-16-28-27(18-25)31-32(41-28)30(24-8-5-4-6-9-24)34-33(39)37(31)21-29(38)36-17-7-10-26(20-36)40-3;1-31(2,3)38-26(35)19-34-28-24-17-23(21-13-11-20(12-14-21)18-33(4)5)15-16-25(24)37-29(28)27(32-30(34)36)22-9-7-6-8-10-22;1-29(2)15-17-8-10-18(11-9-17)20-12-13-22-21(14-20)25-26(34-22)24(19-6-4-3-5-7-19)28-27(33)30(25)16-23(31)32/h4-6,8-9,11-16,18,26H,7,10,17,19-21H2,1-3H3;6-17H,18-19H2,1-5H3;3-14H,15-16H2,1-2H3,(H,31,32). The second kappa shape index (κ2) is 33.1. The summed E-state index contributed by atoms with van der Waals surface area (Å²) in [5.74, 6) is -1.77. The Morgan fingerprint density at radius 3 is 1.09 bits per heavy atom. The van der Waals surface area contributed by atoms with Crippen molar-refractivity contribution in [2.24, 2.45) is 0 Å². The summed E-state index contributed by atoms with van der Waals surface area (Å²) >= 11 is 0. The van der Waals surface area contributed by atoms with Gasteiger partial charge in [0, 0.05) is 72.7 Å². The molecule has 22 nitrogen and oxygen atoms in total. The Labute approximate surface area is 651 Å². The summed E-state index contributed by atoms with van der Waals surface area (Å²) in [5.41, 5.74) is 15.6. The van der Waals surface area contributed by atoms with Crippen LogP contribution in [0.15, 0.2) is 246 Å². The largest absolute Gasteiger partial charge is 0.480 e. The van der Waals surface area contributed by atoms with Crippen molar-refractivity contribution in [3.63, 3.8) is 0 Å². The van der Waals surface area contributed by atoms with E-state index in [2.05, 4.69) is 117 Å². The lowest BCUT2D eigenvalue weighted by Gasteiger charge is -2.32. The number of carbonyl (C=O) groups is 3. The molecule has 15 aromatic rings. The first-order valence-corrected chi connectivity index (χ1v) is 37.4. The average Bonchev–Trinajstić information content (AvgIpc) is 1.61. The van der Waals surface area contributed by atoms with E-state index in [1.54, 1.807) is 32.8 Å². The number of hydrogen-bond acceptors (Lipinski definition) is 17. The highest BCUT2D eigenvalue weighted by Crippen LogP contribution is 2.40. The van der Waals surface area contributed by atoms with Crippen LogP contribution in [-0.2, 0) is 63.1 Å². The second-order valence-electron chi connectivity index (χ2n) is 30.2. The number of ether oxygens (including phenoxy) is 2. The van der Waals surface area contributed by atoms with Gasteiger partial charge in [-0.25, -0.2) is 14.4 Å². The average molecular weight is 1510 g/mol. The van der Waals surface area contributed by atoms with E-state index in [4.69, 9.17) is 22.7 Å². The number of carbonyl (C=O) groups excluding carboxylic acids is 2. The molecule has 0 aliphatic carbocycles. The Balaban J connectivity index is 0.000000141. The highest BCUT2D eigenvalue weighted by molar-refractivity contribution is 6.11. The first-order valence-electron chi connectivity index (χ1n) is 37.4. The van der Waals surface area contributed by atoms with Crippen LogP contribution in [0, 0.1) is 0 Å². The Morgan fingerprint density at radius 2 is 0.770 bits per heavy atom. The molecule has 16 rings (SSSR count). The molecule has 1 N–H and O–H groups in total. The maximum Gasteiger partial charge on any atom is 0.349 e. The third kappa shape index (κ3) is 17.3. The van der Waals surface area contributed by atoms with Crippen LogP contribution >= 0.6 is 0 Å². The van der Waals surface area contributed by atoms with E-state index in [0.29, 0.717) is 85.6 Å². The maximum atomic E-state index is 13.6. The molecule has 1 saturated heterocycles. The smallest absolute Gasteiger partial charge is 0.349 e. The number of methoxy groups -OCH3 is 1. The minimum Gasteiger partial charge on any atom is -0.480 e. The molecule has 6 aromatic heterocycles. The highest BCUT2D eigenvalue weighted by Gasteiger charge is 2.29. The fourth-order valence-corrected chi connectivity index (χ4v) is 14.5. The van der Waals surface area contributed by atoms with Gasteiger partial charge in [-0.15, -0.1) is 0 Å². The number of aliphatic carboxylic acids is 1. The van der Waals surface area contributed by atoms with E-state index in [9.17, 15) is 33.9 Å². The number of likely N-dealkylation sites (tertiary alicyclic amines) is 1. The van der Waals surface area contributed by atoms with Crippen LogP contribution in [0.5, 0.6) is 0 Å². The topological polar surface area (TPSA) is 247 Å². The number of rotatable bonds is 19. The molecule has 9 aromatic carbocycles. The van der Waals surface area contributed by atoms with Crippen LogP contribution in [0.4, 0.5) is 0 Å². The number of aromatic nitrogens is 6. The molecule has 0 bridgehead atoms. The molecule has 1 atom stereocenters. The number of fused-ring (bicyclic) bond motifs is 9. The quantitative estimate of drug-likeness (QED) is 0.0739. The van der Waals surface area contributed by atoms with Crippen LogP contribution < -0.4 is 17.1 Å². The molecular weight excluding hydrogens is 1430 g/mol. The first kappa shape index (κ1) is 77.0. The van der Waals surface area contributed by atoms with Crippen molar-refractivity contribution in [2.45, 2.75) is 84.6 Å². The first-order chi connectivity index (χ1) is 54.4. The maximum absolute atomic E-state index is 13.6. The van der Waals surface area contributed by atoms with Gasteiger partial charge < -0.3 is 47.4 Å². The van der Waals surface area contributed by atoms with Crippen LogP contribution in [-0.4, -0.2) is 145 Å². The summed E-state index contributed by atoms with van der Waals surface area (Å²) in [5, 5.41) is 11.6. The number of carboxylic acid groups (broad SMARTS) is 1. The molecule has 574 valence electrons. The fourth-order valence-electron chi connectivity index (χ4n) is 14.5. The van der Waals surface area contributed by atoms with Crippen molar-refractivity contribution in [3.05, 3.63) is 267 Å². The number of esters is 1. The third-order valence-corrected chi connectivity index (χ3v) is 19.6. The molecular formula is C91H88N10O12. The minimum atomic E-state index is -1.13. The summed E-state index contributed by atoms with van der Waals surface area (Å²) in [6.07, 6.45) is 1.79. The van der Waals surface area contributed by atoms with Gasteiger partial charge in [0.25, 0.3) is 0 Å². The second-order valence-corrected chi connectivity index (χ2v) is 30.2. The van der Waals surface area contributed by atoms with Crippen LogP contribution in [0.2, 0.25) is 0 Å². The molecule has 22 heteroatoms. The predicted molar refractivity (Wildman–Crippen MR) is 442 cm³/mol. The molecule has 1 amide bonds. The zero-order valence-electron chi connectivity index (χ0n) is 64.8. The molecule has 7 heterocycles. The lowest BCUT2D eigenvalue weighted by molar-refractivity contribution is -0.155. The highest BCUT2D eigenvalue weighted by atomic mass is 16.6. The summed E-state index contributed by atoms with van der Waals surface area (Å²) in [7, 11) is 13.9.